The first-order valence-corrected chi connectivity index (χ1v) is 11.6. The summed E-state index contributed by atoms with van der Waals surface area (Å²) < 4.78 is 37.9. The number of sulfonamides is 1. The number of ether oxygens (including phenoxy) is 2. The molecule has 4 rings (SSSR count). The maximum atomic E-state index is 13.0. The molecule has 0 saturated carbocycles. The maximum absolute atomic E-state index is 13.0. The fourth-order valence-electron chi connectivity index (χ4n) is 3.45. The van der Waals surface area contributed by atoms with E-state index in [1.807, 2.05) is 54.6 Å². The van der Waals surface area contributed by atoms with Gasteiger partial charge in [0.25, 0.3) is 0 Å². The van der Waals surface area contributed by atoms with Gasteiger partial charge in [0.2, 0.25) is 15.9 Å². The summed E-state index contributed by atoms with van der Waals surface area (Å²) >= 11 is 0. The third kappa shape index (κ3) is 4.92. The zero-order valence-electron chi connectivity index (χ0n) is 17.7. The molecule has 1 heterocycles. The highest BCUT2D eigenvalue weighted by molar-refractivity contribution is 7.89. The SMILES string of the molecule is CN(CC(=O)Nc1ccccc1Cc1ccccc1)S(=O)(=O)c1ccc2c(c1)OCCO2. The molecule has 0 radical (unpaired) electrons. The van der Waals surface area contributed by atoms with Gasteiger partial charge in [0.1, 0.15) is 13.2 Å². The van der Waals surface area contributed by atoms with Crippen LogP contribution in [0.3, 0.4) is 0 Å². The summed E-state index contributed by atoms with van der Waals surface area (Å²) in [5.74, 6) is 0.463. The van der Waals surface area contributed by atoms with Crippen molar-refractivity contribution in [3.63, 3.8) is 0 Å². The number of para-hydroxylation sites is 1. The van der Waals surface area contributed by atoms with Crippen molar-refractivity contribution < 1.29 is 22.7 Å². The Morgan fingerprint density at radius 1 is 0.938 bits per heavy atom. The summed E-state index contributed by atoms with van der Waals surface area (Å²) in [5, 5.41) is 2.85. The van der Waals surface area contributed by atoms with E-state index in [1.165, 1.54) is 19.2 Å². The Bertz CT molecular complexity index is 1210. The van der Waals surface area contributed by atoms with Crippen LogP contribution >= 0.6 is 0 Å². The van der Waals surface area contributed by atoms with Gasteiger partial charge in [0.05, 0.1) is 11.4 Å². The number of hydrogen-bond acceptors (Lipinski definition) is 5. The predicted octanol–water partition coefficient (Wildman–Crippen LogP) is 3.31. The number of fused-ring (bicyclic) bond motifs is 1. The van der Waals surface area contributed by atoms with Crippen LogP contribution < -0.4 is 14.8 Å². The largest absolute Gasteiger partial charge is 0.486 e. The molecule has 0 bridgehead atoms. The number of benzene rings is 3. The van der Waals surface area contributed by atoms with E-state index in [2.05, 4.69) is 5.32 Å². The Kier molecular flexibility index (Phi) is 6.43. The first-order valence-electron chi connectivity index (χ1n) is 10.2. The van der Waals surface area contributed by atoms with Crippen LogP contribution in [0.5, 0.6) is 11.5 Å². The van der Waals surface area contributed by atoms with Gasteiger partial charge in [-0.15, -0.1) is 0 Å². The highest BCUT2D eigenvalue weighted by Gasteiger charge is 2.25. The first kappa shape index (κ1) is 21.9. The minimum absolute atomic E-state index is 0.0431. The van der Waals surface area contributed by atoms with Gasteiger partial charge in [0.15, 0.2) is 11.5 Å². The van der Waals surface area contributed by atoms with Gasteiger partial charge in [-0.3, -0.25) is 4.79 Å². The smallest absolute Gasteiger partial charge is 0.243 e. The summed E-state index contributed by atoms with van der Waals surface area (Å²) in [7, 11) is -2.50. The Morgan fingerprint density at radius 3 is 2.41 bits per heavy atom. The maximum Gasteiger partial charge on any atom is 0.243 e. The number of anilines is 1. The Hall–Kier alpha value is -3.36. The van der Waals surface area contributed by atoms with Crippen LogP contribution in [0.4, 0.5) is 5.69 Å². The summed E-state index contributed by atoms with van der Waals surface area (Å²) in [6, 6.07) is 21.9. The van der Waals surface area contributed by atoms with Crippen LogP contribution in [0.2, 0.25) is 0 Å². The standard InChI is InChI=1S/C24H24N2O5S/c1-26(32(28,29)20-11-12-22-23(16-20)31-14-13-30-22)17-24(27)25-21-10-6-5-9-19(21)15-18-7-3-2-4-8-18/h2-12,16H,13-15,17H2,1H3,(H,25,27). The minimum Gasteiger partial charge on any atom is -0.486 e. The van der Waals surface area contributed by atoms with Crippen molar-refractivity contribution in [1.29, 1.82) is 0 Å². The number of likely N-dealkylation sites (N-methyl/N-ethyl adjacent to an activating group) is 1. The van der Waals surface area contributed by atoms with Crippen LogP contribution in [0, 0.1) is 0 Å². The fraction of sp³-hybridized carbons (Fsp3) is 0.208. The van der Waals surface area contributed by atoms with Crippen LogP contribution in [0.15, 0.2) is 77.7 Å². The number of nitrogens with one attached hydrogen (secondary N) is 1. The summed E-state index contributed by atoms with van der Waals surface area (Å²) in [5.41, 5.74) is 2.73. The van der Waals surface area contributed by atoms with Gasteiger partial charge in [-0.25, -0.2) is 8.42 Å². The molecule has 32 heavy (non-hydrogen) atoms. The molecule has 1 N–H and O–H groups in total. The van der Waals surface area contributed by atoms with E-state index < -0.39 is 15.9 Å². The van der Waals surface area contributed by atoms with Gasteiger partial charge >= 0.3 is 0 Å². The molecular weight excluding hydrogens is 428 g/mol. The monoisotopic (exact) mass is 452 g/mol. The molecule has 8 heteroatoms. The topological polar surface area (TPSA) is 84.9 Å². The number of hydrogen-bond donors (Lipinski definition) is 1. The van der Waals surface area contributed by atoms with Gasteiger partial charge in [-0.05, 0) is 35.7 Å². The molecule has 0 saturated heterocycles. The van der Waals surface area contributed by atoms with E-state index in [-0.39, 0.29) is 11.4 Å². The van der Waals surface area contributed by atoms with Crippen LogP contribution in [0.1, 0.15) is 11.1 Å². The van der Waals surface area contributed by atoms with E-state index in [4.69, 9.17) is 9.47 Å². The minimum atomic E-state index is -3.88. The average Bonchev–Trinajstić information content (AvgIpc) is 2.80. The normalized spacial score (nSPS) is 13.1. The number of carbonyl (C=O) groups excluding carboxylic acids is 1. The molecule has 1 amide bonds. The molecule has 0 fully saturated rings. The van der Waals surface area contributed by atoms with Crippen molar-refractivity contribution >= 4 is 21.6 Å². The van der Waals surface area contributed by atoms with E-state index in [1.54, 1.807) is 6.07 Å². The molecule has 1 aliphatic heterocycles. The quantitative estimate of drug-likeness (QED) is 0.595. The third-order valence-electron chi connectivity index (χ3n) is 5.12. The molecule has 0 aliphatic carbocycles. The summed E-state index contributed by atoms with van der Waals surface area (Å²) in [6.07, 6.45) is 0.655. The lowest BCUT2D eigenvalue weighted by Crippen LogP contribution is -2.35. The van der Waals surface area contributed by atoms with Crippen molar-refractivity contribution in [2.45, 2.75) is 11.3 Å². The highest BCUT2D eigenvalue weighted by Crippen LogP contribution is 2.33. The molecule has 0 aromatic heterocycles. The number of rotatable bonds is 7. The second-order valence-electron chi connectivity index (χ2n) is 7.43. The van der Waals surface area contributed by atoms with E-state index in [0.29, 0.717) is 36.8 Å². The Labute approximate surface area is 187 Å². The molecule has 3 aromatic rings. The van der Waals surface area contributed by atoms with Crippen LogP contribution in [0.25, 0.3) is 0 Å². The zero-order valence-corrected chi connectivity index (χ0v) is 18.5. The molecule has 0 unspecified atom stereocenters. The Balaban J connectivity index is 1.45. The second-order valence-corrected chi connectivity index (χ2v) is 9.48. The Morgan fingerprint density at radius 2 is 1.62 bits per heavy atom. The zero-order chi connectivity index (χ0) is 22.6. The number of amides is 1. The summed E-state index contributed by atoms with van der Waals surface area (Å²) in [6.45, 7) is 0.457. The van der Waals surface area contributed by atoms with Crippen molar-refractivity contribution in [2.75, 3.05) is 32.1 Å². The predicted molar refractivity (Wildman–Crippen MR) is 122 cm³/mol. The van der Waals surface area contributed by atoms with E-state index >= 15 is 0 Å². The molecule has 3 aromatic carbocycles. The molecule has 1 aliphatic rings. The molecule has 166 valence electrons. The highest BCUT2D eigenvalue weighted by atomic mass is 32.2. The van der Waals surface area contributed by atoms with E-state index in [0.717, 1.165) is 15.4 Å². The lowest BCUT2D eigenvalue weighted by molar-refractivity contribution is -0.116. The van der Waals surface area contributed by atoms with Gasteiger partial charge in [0, 0.05) is 18.8 Å². The molecule has 7 nitrogen and oxygen atoms in total. The van der Waals surface area contributed by atoms with Crippen molar-refractivity contribution in [1.82, 2.24) is 4.31 Å². The molecular formula is C24H24N2O5S. The number of carbonyl (C=O) groups is 1. The van der Waals surface area contributed by atoms with E-state index in [9.17, 15) is 13.2 Å². The van der Waals surface area contributed by atoms with Gasteiger partial charge < -0.3 is 14.8 Å². The van der Waals surface area contributed by atoms with Gasteiger partial charge in [-0.1, -0.05) is 48.5 Å². The van der Waals surface area contributed by atoms with Crippen LogP contribution in [-0.2, 0) is 21.2 Å². The summed E-state index contributed by atoms with van der Waals surface area (Å²) in [4.78, 5) is 12.7. The average molecular weight is 453 g/mol. The first-order chi connectivity index (χ1) is 15.4. The third-order valence-corrected chi connectivity index (χ3v) is 6.92. The number of nitrogens with zero attached hydrogens (tertiary/aromatic N) is 1. The molecule has 0 spiro atoms. The van der Waals surface area contributed by atoms with Crippen LogP contribution in [-0.4, -0.2) is 45.4 Å². The van der Waals surface area contributed by atoms with Crippen molar-refractivity contribution in [2.24, 2.45) is 0 Å². The van der Waals surface area contributed by atoms with Crippen molar-refractivity contribution in [3.8, 4) is 11.5 Å². The molecule has 0 atom stereocenters. The lowest BCUT2D eigenvalue weighted by Gasteiger charge is -2.21. The lowest BCUT2D eigenvalue weighted by atomic mass is 10.0. The fourth-order valence-corrected chi connectivity index (χ4v) is 4.60. The second kappa shape index (κ2) is 9.42. The van der Waals surface area contributed by atoms with Gasteiger partial charge in [-0.2, -0.15) is 4.31 Å². The van der Waals surface area contributed by atoms with Crippen molar-refractivity contribution in [3.05, 3.63) is 83.9 Å².